The van der Waals surface area contributed by atoms with Gasteiger partial charge in [-0.2, -0.15) is 0 Å². The molecule has 17 heavy (non-hydrogen) atoms. The van der Waals surface area contributed by atoms with Gasteiger partial charge in [0.2, 0.25) is 0 Å². The lowest BCUT2D eigenvalue weighted by Gasteiger charge is -2.35. The molecule has 0 radical (unpaired) electrons. The van der Waals surface area contributed by atoms with Gasteiger partial charge in [-0.05, 0) is 49.3 Å². The Hall–Kier alpha value is -1.02. The molecular weight excluding hydrogens is 212 g/mol. The van der Waals surface area contributed by atoms with E-state index < -0.39 is 5.60 Å². The Morgan fingerprint density at radius 1 is 1.35 bits per heavy atom. The summed E-state index contributed by atoms with van der Waals surface area (Å²) in [4.78, 5) is 0. The SMILES string of the molecule is COc1cccc(CC2(O)CCC(C)CC2)c1. The maximum absolute atomic E-state index is 10.6. The molecule has 94 valence electrons. The van der Waals surface area contributed by atoms with Crippen molar-refractivity contribution in [2.45, 2.75) is 44.6 Å². The molecule has 1 aromatic rings. The summed E-state index contributed by atoms with van der Waals surface area (Å²) in [6.07, 6.45) is 4.87. The van der Waals surface area contributed by atoms with Crippen LogP contribution in [0.2, 0.25) is 0 Å². The Morgan fingerprint density at radius 3 is 2.71 bits per heavy atom. The third-order valence-corrected chi connectivity index (χ3v) is 3.87. The van der Waals surface area contributed by atoms with Gasteiger partial charge >= 0.3 is 0 Å². The van der Waals surface area contributed by atoms with Crippen molar-refractivity contribution in [2.24, 2.45) is 5.92 Å². The molecule has 2 nitrogen and oxygen atoms in total. The normalized spacial score (nSPS) is 29.0. The van der Waals surface area contributed by atoms with Crippen molar-refractivity contribution in [3.63, 3.8) is 0 Å². The molecule has 0 amide bonds. The van der Waals surface area contributed by atoms with Gasteiger partial charge in [0.15, 0.2) is 0 Å². The van der Waals surface area contributed by atoms with Crippen LogP contribution in [0, 0.1) is 5.92 Å². The van der Waals surface area contributed by atoms with E-state index in [1.54, 1.807) is 7.11 Å². The summed E-state index contributed by atoms with van der Waals surface area (Å²) < 4.78 is 5.21. The topological polar surface area (TPSA) is 29.5 Å². The molecule has 1 saturated carbocycles. The predicted octanol–water partition coefficient (Wildman–Crippen LogP) is 3.18. The van der Waals surface area contributed by atoms with Crippen molar-refractivity contribution in [1.82, 2.24) is 0 Å². The highest BCUT2D eigenvalue weighted by atomic mass is 16.5. The Labute approximate surface area is 104 Å². The van der Waals surface area contributed by atoms with Gasteiger partial charge < -0.3 is 9.84 Å². The minimum atomic E-state index is -0.501. The first-order valence-electron chi connectivity index (χ1n) is 6.47. The molecule has 1 aliphatic carbocycles. The zero-order valence-electron chi connectivity index (χ0n) is 10.8. The second-order valence-corrected chi connectivity index (χ2v) is 5.44. The second-order valence-electron chi connectivity index (χ2n) is 5.44. The van der Waals surface area contributed by atoms with Gasteiger partial charge in [0.1, 0.15) is 5.75 Å². The van der Waals surface area contributed by atoms with Gasteiger partial charge in [0.25, 0.3) is 0 Å². The maximum Gasteiger partial charge on any atom is 0.119 e. The molecule has 0 spiro atoms. The number of aliphatic hydroxyl groups is 1. The predicted molar refractivity (Wildman–Crippen MR) is 69.3 cm³/mol. The van der Waals surface area contributed by atoms with Crippen LogP contribution in [-0.4, -0.2) is 17.8 Å². The van der Waals surface area contributed by atoms with Gasteiger partial charge in [-0.1, -0.05) is 19.1 Å². The quantitative estimate of drug-likeness (QED) is 0.870. The number of hydrogen-bond donors (Lipinski definition) is 1. The largest absolute Gasteiger partial charge is 0.497 e. The second kappa shape index (κ2) is 5.09. The van der Waals surface area contributed by atoms with Crippen molar-refractivity contribution in [1.29, 1.82) is 0 Å². The number of hydrogen-bond acceptors (Lipinski definition) is 2. The first-order valence-corrected chi connectivity index (χ1v) is 6.47. The lowest BCUT2D eigenvalue weighted by Crippen LogP contribution is -2.35. The number of rotatable bonds is 3. The molecule has 0 heterocycles. The average molecular weight is 234 g/mol. The van der Waals surface area contributed by atoms with Crippen molar-refractivity contribution >= 4 is 0 Å². The Morgan fingerprint density at radius 2 is 2.06 bits per heavy atom. The summed E-state index contributed by atoms with van der Waals surface area (Å²) in [6.45, 7) is 2.27. The van der Waals surface area contributed by atoms with Gasteiger partial charge in [-0.15, -0.1) is 0 Å². The first kappa shape index (κ1) is 12.4. The molecule has 0 saturated heterocycles. The molecule has 2 heteroatoms. The summed E-state index contributed by atoms with van der Waals surface area (Å²) in [5, 5.41) is 10.6. The van der Waals surface area contributed by atoms with Crippen LogP contribution in [0.25, 0.3) is 0 Å². The molecule has 0 atom stereocenters. The van der Waals surface area contributed by atoms with Gasteiger partial charge in [0.05, 0.1) is 12.7 Å². The summed E-state index contributed by atoms with van der Waals surface area (Å²) in [7, 11) is 1.68. The van der Waals surface area contributed by atoms with Crippen LogP contribution in [0.1, 0.15) is 38.2 Å². The van der Waals surface area contributed by atoms with Gasteiger partial charge in [-0.25, -0.2) is 0 Å². The minimum absolute atomic E-state index is 0.501. The lowest BCUT2D eigenvalue weighted by atomic mass is 9.76. The summed E-state index contributed by atoms with van der Waals surface area (Å²) >= 11 is 0. The highest BCUT2D eigenvalue weighted by Crippen LogP contribution is 2.34. The van der Waals surface area contributed by atoms with Crippen molar-refractivity contribution < 1.29 is 9.84 Å². The molecule has 1 N–H and O–H groups in total. The molecule has 0 aromatic heterocycles. The fraction of sp³-hybridized carbons (Fsp3) is 0.600. The monoisotopic (exact) mass is 234 g/mol. The van der Waals surface area contributed by atoms with Crippen molar-refractivity contribution in [3.8, 4) is 5.75 Å². The zero-order valence-corrected chi connectivity index (χ0v) is 10.8. The van der Waals surface area contributed by atoms with E-state index in [1.807, 2.05) is 18.2 Å². The summed E-state index contributed by atoms with van der Waals surface area (Å²) in [5.74, 6) is 1.64. The summed E-state index contributed by atoms with van der Waals surface area (Å²) in [6, 6.07) is 8.02. The molecular formula is C15H22O2. The molecule has 1 aliphatic rings. The Kier molecular flexibility index (Phi) is 3.72. The van der Waals surface area contributed by atoms with E-state index in [2.05, 4.69) is 13.0 Å². The van der Waals surface area contributed by atoms with Crippen LogP contribution in [0.15, 0.2) is 24.3 Å². The van der Waals surface area contributed by atoms with Crippen LogP contribution >= 0.6 is 0 Å². The van der Waals surface area contributed by atoms with Crippen molar-refractivity contribution in [3.05, 3.63) is 29.8 Å². The van der Waals surface area contributed by atoms with Crippen LogP contribution in [0.3, 0.4) is 0 Å². The van der Waals surface area contributed by atoms with E-state index in [0.29, 0.717) is 0 Å². The number of methoxy groups -OCH3 is 1. The minimum Gasteiger partial charge on any atom is -0.497 e. The number of ether oxygens (including phenoxy) is 1. The smallest absolute Gasteiger partial charge is 0.119 e. The lowest BCUT2D eigenvalue weighted by molar-refractivity contribution is -0.00669. The van der Waals surface area contributed by atoms with E-state index in [1.165, 1.54) is 5.56 Å². The maximum atomic E-state index is 10.6. The van der Waals surface area contributed by atoms with Gasteiger partial charge in [0, 0.05) is 6.42 Å². The third-order valence-electron chi connectivity index (χ3n) is 3.87. The fourth-order valence-electron chi connectivity index (χ4n) is 2.64. The highest BCUT2D eigenvalue weighted by molar-refractivity contribution is 5.29. The Balaban J connectivity index is 2.04. The molecule has 1 aromatic carbocycles. The molecule has 0 bridgehead atoms. The summed E-state index contributed by atoms with van der Waals surface area (Å²) in [5.41, 5.74) is 0.667. The highest BCUT2D eigenvalue weighted by Gasteiger charge is 2.31. The van der Waals surface area contributed by atoms with Crippen LogP contribution in [0.5, 0.6) is 5.75 Å². The fourth-order valence-corrected chi connectivity index (χ4v) is 2.64. The molecule has 1 fully saturated rings. The standard InChI is InChI=1S/C15H22O2/c1-12-6-8-15(16,9-7-12)11-13-4-3-5-14(10-13)17-2/h3-5,10,12,16H,6-9,11H2,1-2H3. The first-order chi connectivity index (χ1) is 8.11. The zero-order chi connectivity index (χ0) is 12.3. The van der Waals surface area contributed by atoms with E-state index in [0.717, 1.165) is 43.8 Å². The van der Waals surface area contributed by atoms with E-state index in [-0.39, 0.29) is 0 Å². The molecule has 0 aliphatic heterocycles. The van der Waals surface area contributed by atoms with Crippen molar-refractivity contribution in [2.75, 3.05) is 7.11 Å². The van der Waals surface area contributed by atoms with E-state index in [4.69, 9.17) is 4.74 Å². The number of benzene rings is 1. The molecule has 2 rings (SSSR count). The van der Waals surface area contributed by atoms with Crippen LogP contribution < -0.4 is 4.74 Å². The van der Waals surface area contributed by atoms with Crippen LogP contribution in [-0.2, 0) is 6.42 Å². The van der Waals surface area contributed by atoms with Crippen LogP contribution in [0.4, 0.5) is 0 Å². The molecule has 0 unspecified atom stereocenters. The third kappa shape index (κ3) is 3.22. The average Bonchev–Trinajstić information content (AvgIpc) is 2.33. The van der Waals surface area contributed by atoms with Gasteiger partial charge in [-0.3, -0.25) is 0 Å². The van der Waals surface area contributed by atoms with E-state index in [9.17, 15) is 5.11 Å². The van der Waals surface area contributed by atoms with E-state index >= 15 is 0 Å². The Bertz CT molecular complexity index is 365.